The Balaban J connectivity index is 2.57. The molecule has 0 fully saturated rings. The van der Waals surface area contributed by atoms with Gasteiger partial charge in [-0.1, -0.05) is 11.8 Å². The van der Waals surface area contributed by atoms with Crippen LogP contribution >= 0.6 is 11.3 Å². The molecule has 7 heteroatoms. The van der Waals surface area contributed by atoms with E-state index >= 15 is 0 Å². The summed E-state index contributed by atoms with van der Waals surface area (Å²) in [4.78, 5) is 13.1. The molecule has 0 unspecified atom stereocenters. The van der Waals surface area contributed by atoms with Crippen molar-refractivity contribution in [2.24, 2.45) is 0 Å². The van der Waals surface area contributed by atoms with Gasteiger partial charge in [-0.3, -0.25) is 4.79 Å². The van der Waals surface area contributed by atoms with Crippen molar-refractivity contribution in [3.8, 4) is 11.8 Å². The number of hydrogen-bond donors (Lipinski definition) is 1. The number of alkyl halides is 3. The van der Waals surface area contributed by atoms with Gasteiger partial charge in [0.2, 0.25) is 5.91 Å². The fourth-order valence-corrected chi connectivity index (χ4v) is 2.25. The Hall–Kier alpha value is -1.52. The Labute approximate surface area is 119 Å². The van der Waals surface area contributed by atoms with Gasteiger partial charge in [0.15, 0.2) is 0 Å². The number of amides is 1. The predicted molar refractivity (Wildman–Crippen MR) is 70.0 cm³/mol. The summed E-state index contributed by atoms with van der Waals surface area (Å²) in [5.74, 6) is 4.61. The van der Waals surface area contributed by atoms with E-state index in [1.165, 1.54) is 18.4 Å². The molecule has 20 heavy (non-hydrogen) atoms. The summed E-state index contributed by atoms with van der Waals surface area (Å²) >= 11 is 1.33. The van der Waals surface area contributed by atoms with Crippen molar-refractivity contribution in [3.63, 3.8) is 0 Å². The standard InChI is InChI=1S/C13H14F3NO2S/c1-17(12(19)7-13(14,15)16)8-11-6-10(9-20-11)4-2-3-5-18/h6,9,18H,3,5,7-8H2,1H3. The molecule has 1 amide bonds. The number of rotatable bonds is 4. The van der Waals surface area contributed by atoms with E-state index in [4.69, 9.17) is 5.11 Å². The molecule has 0 radical (unpaired) electrons. The number of nitrogens with zero attached hydrogens (tertiary/aromatic N) is 1. The van der Waals surface area contributed by atoms with Gasteiger partial charge < -0.3 is 10.0 Å². The van der Waals surface area contributed by atoms with E-state index in [1.807, 2.05) is 0 Å². The molecular weight excluding hydrogens is 291 g/mol. The number of halogens is 3. The third-order valence-corrected chi connectivity index (χ3v) is 3.22. The molecule has 1 N–H and O–H groups in total. The summed E-state index contributed by atoms with van der Waals surface area (Å²) in [7, 11) is 1.34. The van der Waals surface area contributed by atoms with Crippen LogP contribution in [-0.4, -0.2) is 35.7 Å². The van der Waals surface area contributed by atoms with Crippen LogP contribution in [0, 0.1) is 11.8 Å². The zero-order valence-corrected chi connectivity index (χ0v) is 11.6. The Morgan fingerprint density at radius 3 is 2.80 bits per heavy atom. The molecule has 3 nitrogen and oxygen atoms in total. The van der Waals surface area contributed by atoms with Gasteiger partial charge >= 0.3 is 6.18 Å². The van der Waals surface area contributed by atoms with Gasteiger partial charge in [-0.15, -0.1) is 11.3 Å². The smallest absolute Gasteiger partial charge is 0.395 e. The molecule has 0 bridgehead atoms. The molecule has 1 aromatic rings. The molecule has 0 atom stereocenters. The minimum atomic E-state index is -4.48. The van der Waals surface area contributed by atoms with Crippen molar-refractivity contribution >= 4 is 17.2 Å². The van der Waals surface area contributed by atoms with Crippen LogP contribution in [0.1, 0.15) is 23.3 Å². The van der Waals surface area contributed by atoms with Crippen LogP contribution in [0.4, 0.5) is 13.2 Å². The highest BCUT2D eigenvalue weighted by molar-refractivity contribution is 7.10. The monoisotopic (exact) mass is 305 g/mol. The zero-order chi connectivity index (χ0) is 15.2. The van der Waals surface area contributed by atoms with Crippen molar-refractivity contribution in [1.29, 1.82) is 0 Å². The molecule has 110 valence electrons. The van der Waals surface area contributed by atoms with E-state index in [0.29, 0.717) is 6.42 Å². The summed E-state index contributed by atoms with van der Waals surface area (Å²) in [6, 6.07) is 1.73. The third-order valence-electron chi connectivity index (χ3n) is 2.29. The number of aliphatic hydroxyl groups excluding tert-OH is 1. The summed E-state index contributed by atoms with van der Waals surface area (Å²) in [5, 5.41) is 10.4. The van der Waals surface area contributed by atoms with Crippen LogP contribution in [0.15, 0.2) is 11.4 Å². The first-order valence-corrected chi connectivity index (χ1v) is 6.67. The van der Waals surface area contributed by atoms with Gasteiger partial charge in [-0.05, 0) is 6.07 Å². The first-order valence-electron chi connectivity index (χ1n) is 5.79. The van der Waals surface area contributed by atoms with Crippen molar-refractivity contribution in [3.05, 3.63) is 21.9 Å². The zero-order valence-electron chi connectivity index (χ0n) is 10.8. The second kappa shape index (κ2) is 7.31. The van der Waals surface area contributed by atoms with Gasteiger partial charge in [-0.25, -0.2) is 0 Å². The number of thiophene rings is 1. The topological polar surface area (TPSA) is 40.5 Å². The molecule has 1 aromatic heterocycles. The molecule has 0 aliphatic carbocycles. The van der Waals surface area contributed by atoms with Crippen LogP contribution in [0.25, 0.3) is 0 Å². The Morgan fingerprint density at radius 1 is 1.50 bits per heavy atom. The Bertz CT molecular complexity index is 514. The van der Waals surface area contributed by atoms with Crippen molar-refractivity contribution < 1.29 is 23.1 Å². The van der Waals surface area contributed by atoms with E-state index < -0.39 is 18.5 Å². The van der Waals surface area contributed by atoms with Gasteiger partial charge in [0, 0.05) is 29.3 Å². The van der Waals surface area contributed by atoms with Gasteiger partial charge in [0.1, 0.15) is 6.42 Å². The minimum absolute atomic E-state index is 0.0152. The van der Waals surface area contributed by atoms with Crippen molar-refractivity contribution in [2.45, 2.75) is 25.6 Å². The summed E-state index contributed by atoms with van der Waals surface area (Å²) < 4.78 is 36.3. The van der Waals surface area contributed by atoms with Crippen molar-refractivity contribution in [2.75, 3.05) is 13.7 Å². The SMILES string of the molecule is CN(Cc1cc(C#CCCO)cs1)C(=O)CC(F)(F)F. The quantitative estimate of drug-likeness (QED) is 0.868. The highest BCUT2D eigenvalue weighted by atomic mass is 32.1. The number of hydrogen-bond acceptors (Lipinski definition) is 3. The lowest BCUT2D eigenvalue weighted by Crippen LogP contribution is -2.30. The molecule has 0 aliphatic rings. The maximum atomic E-state index is 12.1. The highest BCUT2D eigenvalue weighted by Gasteiger charge is 2.32. The fraction of sp³-hybridized carbons (Fsp3) is 0.462. The first kappa shape index (κ1) is 16.5. The molecule has 0 aliphatic heterocycles. The van der Waals surface area contributed by atoms with Crippen LogP contribution in [0.2, 0.25) is 0 Å². The summed E-state index contributed by atoms with van der Waals surface area (Å²) in [6.45, 7) is 0.111. The lowest BCUT2D eigenvalue weighted by molar-refractivity contribution is -0.160. The normalized spacial score (nSPS) is 10.8. The maximum absolute atomic E-state index is 12.1. The predicted octanol–water partition coefficient (Wildman–Crippen LogP) is 2.39. The second-order valence-corrected chi connectivity index (χ2v) is 5.11. The average molecular weight is 305 g/mol. The van der Waals surface area contributed by atoms with Crippen LogP contribution < -0.4 is 0 Å². The minimum Gasteiger partial charge on any atom is -0.395 e. The second-order valence-electron chi connectivity index (χ2n) is 4.12. The summed E-state index contributed by atoms with van der Waals surface area (Å²) in [5.41, 5.74) is 0.732. The largest absolute Gasteiger partial charge is 0.397 e. The van der Waals surface area contributed by atoms with E-state index in [9.17, 15) is 18.0 Å². The summed E-state index contributed by atoms with van der Waals surface area (Å²) in [6.07, 6.45) is -5.56. The molecule has 0 saturated carbocycles. The lowest BCUT2D eigenvalue weighted by Gasteiger charge is -2.17. The van der Waals surface area contributed by atoms with Crippen molar-refractivity contribution in [1.82, 2.24) is 4.90 Å². The van der Waals surface area contributed by atoms with Gasteiger partial charge in [-0.2, -0.15) is 13.2 Å². The molecule has 0 spiro atoms. The molecule has 1 rings (SSSR count). The van der Waals surface area contributed by atoms with E-state index in [-0.39, 0.29) is 13.2 Å². The number of carbonyl (C=O) groups excluding carboxylic acids is 1. The van der Waals surface area contributed by atoms with Crippen LogP contribution in [0.5, 0.6) is 0 Å². The number of aliphatic hydroxyl groups is 1. The first-order chi connectivity index (χ1) is 9.31. The lowest BCUT2D eigenvalue weighted by atomic mass is 10.3. The maximum Gasteiger partial charge on any atom is 0.397 e. The van der Waals surface area contributed by atoms with E-state index in [0.717, 1.165) is 15.3 Å². The molecule has 1 heterocycles. The highest BCUT2D eigenvalue weighted by Crippen LogP contribution is 2.22. The Kier molecular flexibility index (Phi) is 6.05. The number of carbonyl (C=O) groups is 1. The molecule has 0 aromatic carbocycles. The van der Waals surface area contributed by atoms with Gasteiger partial charge in [0.05, 0.1) is 13.2 Å². The Morgan fingerprint density at radius 2 is 2.20 bits per heavy atom. The van der Waals surface area contributed by atoms with Gasteiger partial charge in [0.25, 0.3) is 0 Å². The van der Waals surface area contributed by atoms with E-state index in [2.05, 4.69) is 11.8 Å². The molecule has 0 saturated heterocycles. The van der Waals surface area contributed by atoms with E-state index in [1.54, 1.807) is 11.4 Å². The van der Waals surface area contributed by atoms with Crippen LogP contribution in [0.3, 0.4) is 0 Å². The third kappa shape index (κ3) is 6.08. The van der Waals surface area contributed by atoms with Crippen LogP contribution in [-0.2, 0) is 11.3 Å². The fourth-order valence-electron chi connectivity index (χ4n) is 1.38. The average Bonchev–Trinajstić information content (AvgIpc) is 2.75. The molecular formula is C13H14F3NO2S.